The van der Waals surface area contributed by atoms with E-state index in [1.807, 2.05) is 12.1 Å². The molecule has 4 rings (SSSR count). The Kier molecular flexibility index (Phi) is 10.7. The summed E-state index contributed by atoms with van der Waals surface area (Å²) >= 11 is 0. The van der Waals surface area contributed by atoms with Crippen LogP contribution in [-0.4, -0.2) is 72.1 Å². The number of aromatic hydroxyl groups is 2. The quantitative estimate of drug-likeness (QED) is 0.201. The molecule has 0 saturated carbocycles. The van der Waals surface area contributed by atoms with Crippen molar-refractivity contribution < 1.29 is 52.9 Å². The van der Waals surface area contributed by atoms with Gasteiger partial charge in [-0.3, -0.25) is 0 Å². The van der Waals surface area contributed by atoms with Crippen molar-refractivity contribution in [3.63, 3.8) is 0 Å². The van der Waals surface area contributed by atoms with E-state index in [9.17, 15) is 15.0 Å². The van der Waals surface area contributed by atoms with Crippen LogP contribution in [0.3, 0.4) is 0 Å². The highest BCUT2D eigenvalue weighted by Gasteiger charge is 2.40. The third kappa shape index (κ3) is 7.05. The monoisotopic (exact) mass is 610 g/mol. The van der Waals surface area contributed by atoms with E-state index in [-0.39, 0.29) is 29.9 Å². The summed E-state index contributed by atoms with van der Waals surface area (Å²) < 4.78 is 44.5. The number of hydrogen-bond donors (Lipinski definition) is 2. The maximum Gasteiger partial charge on any atom is 0.330 e. The number of hydrogen-bond acceptors (Lipinski definition) is 11. The molecular formula is C33H38O11. The summed E-state index contributed by atoms with van der Waals surface area (Å²) in [5.41, 5.74) is 2.29. The highest BCUT2D eigenvalue weighted by Crippen LogP contribution is 2.47. The Morgan fingerprint density at radius 2 is 1.43 bits per heavy atom. The molecule has 3 aromatic carbocycles. The number of carbonyl (C=O) groups is 1. The minimum atomic E-state index is -0.542. The lowest BCUT2D eigenvalue weighted by Crippen LogP contribution is -2.24. The number of benzene rings is 3. The SMILES string of the molecule is COc1cc(/C=C/C(=O)OC[C@H]2[C@@H](Cc3cc(OC)c(O)c(OC)c3)CO[C@@H]2c2cc(OC)c(OC)c(OC)c2)ccc1O. The van der Waals surface area contributed by atoms with E-state index in [1.54, 1.807) is 44.6 Å². The second-order valence-electron chi connectivity index (χ2n) is 10.1. The fourth-order valence-electron chi connectivity index (χ4n) is 5.32. The van der Waals surface area contributed by atoms with E-state index < -0.39 is 12.1 Å². The first-order chi connectivity index (χ1) is 21.3. The van der Waals surface area contributed by atoms with E-state index >= 15 is 0 Å². The van der Waals surface area contributed by atoms with Gasteiger partial charge in [0.05, 0.1) is 62.0 Å². The van der Waals surface area contributed by atoms with Gasteiger partial charge >= 0.3 is 5.97 Å². The minimum Gasteiger partial charge on any atom is -0.504 e. The third-order valence-electron chi connectivity index (χ3n) is 7.57. The Morgan fingerprint density at radius 1 is 0.818 bits per heavy atom. The predicted molar refractivity (Wildman–Crippen MR) is 161 cm³/mol. The largest absolute Gasteiger partial charge is 0.504 e. The average Bonchev–Trinajstić information content (AvgIpc) is 3.44. The topological polar surface area (TPSA) is 131 Å². The third-order valence-corrected chi connectivity index (χ3v) is 7.57. The first-order valence-electron chi connectivity index (χ1n) is 13.8. The summed E-state index contributed by atoms with van der Waals surface area (Å²) in [6, 6.07) is 11.9. The van der Waals surface area contributed by atoms with Gasteiger partial charge in [-0.05, 0) is 71.5 Å². The van der Waals surface area contributed by atoms with Crippen molar-refractivity contribution in [2.45, 2.75) is 12.5 Å². The van der Waals surface area contributed by atoms with Gasteiger partial charge < -0.3 is 48.1 Å². The lowest BCUT2D eigenvalue weighted by Gasteiger charge is -2.24. The fraction of sp³-hybridized carbons (Fsp3) is 0.364. The molecule has 0 aromatic heterocycles. The van der Waals surface area contributed by atoms with Crippen LogP contribution >= 0.6 is 0 Å². The van der Waals surface area contributed by atoms with Crippen LogP contribution in [0, 0.1) is 11.8 Å². The van der Waals surface area contributed by atoms with Crippen molar-refractivity contribution in [3.8, 4) is 46.0 Å². The van der Waals surface area contributed by atoms with Gasteiger partial charge in [0.2, 0.25) is 11.5 Å². The molecule has 2 N–H and O–H groups in total. The van der Waals surface area contributed by atoms with Crippen LogP contribution in [-0.2, 0) is 20.7 Å². The summed E-state index contributed by atoms with van der Waals surface area (Å²) in [4.78, 5) is 12.8. The highest BCUT2D eigenvalue weighted by atomic mass is 16.5. The summed E-state index contributed by atoms with van der Waals surface area (Å²) in [7, 11) is 9.02. The molecule has 0 amide bonds. The molecule has 0 radical (unpaired) electrons. The Morgan fingerprint density at radius 3 is 2.00 bits per heavy atom. The molecule has 44 heavy (non-hydrogen) atoms. The van der Waals surface area contributed by atoms with E-state index in [0.717, 1.165) is 11.1 Å². The van der Waals surface area contributed by atoms with Gasteiger partial charge in [0.15, 0.2) is 34.5 Å². The molecule has 1 saturated heterocycles. The molecule has 1 aliphatic rings. The number of rotatable bonds is 13. The summed E-state index contributed by atoms with van der Waals surface area (Å²) in [6.45, 7) is 0.429. The number of methoxy groups -OCH3 is 6. The van der Waals surface area contributed by atoms with Gasteiger partial charge in [-0.15, -0.1) is 0 Å². The maximum atomic E-state index is 12.8. The molecule has 1 heterocycles. The predicted octanol–water partition coefficient (Wildman–Crippen LogP) is 4.95. The number of phenols is 2. The fourth-order valence-corrected chi connectivity index (χ4v) is 5.32. The second kappa shape index (κ2) is 14.6. The molecule has 0 spiro atoms. The molecule has 0 bridgehead atoms. The molecule has 236 valence electrons. The number of phenolic OH excluding ortho intramolecular Hbond substituents is 2. The van der Waals surface area contributed by atoms with Crippen molar-refractivity contribution in [1.29, 1.82) is 0 Å². The van der Waals surface area contributed by atoms with Crippen LogP contribution in [0.25, 0.3) is 6.08 Å². The number of carbonyl (C=O) groups excluding carboxylic acids is 1. The van der Waals surface area contributed by atoms with Crippen molar-refractivity contribution in [2.75, 3.05) is 55.9 Å². The summed E-state index contributed by atoms with van der Waals surface area (Å²) in [5.74, 6) is 1.30. The van der Waals surface area contributed by atoms with Gasteiger partial charge in [-0.1, -0.05) is 6.07 Å². The molecule has 0 unspecified atom stereocenters. The lowest BCUT2D eigenvalue weighted by atomic mass is 9.84. The zero-order valence-corrected chi connectivity index (χ0v) is 25.6. The standard InChI is InChI=1S/C33H38O11/c1-37-25-12-19(7-9-24(25)34)8-10-30(35)43-18-23-22(11-20-13-26(38-2)31(36)27(14-20)39-3)17-44-32(23)21-15-28(40-4)33(42-6)29(16-21)41-5/h7-10,12-16,22-23,32,34,36H,11,17-18H2,1-6H3/b10-8+/t22-,23-,32+/m0/s1. The van der Waals surface area contributed by atoms with Crippen molar-refractivity contribution in [1.82, 2.24) is 0 Å². The van der Waals surface area contributed by atoms with Crippen LogP contribution in [0.1, 0.15) is 22.8 Å². The Balaban J connectivity index is 1.62. The van der Waals surface area contributed by atoms with Gasteiger partial charge in [0, 0.05) is 12.0 Å². The van der Waals surface area contributed by atoms with E-state index in [0.29, 0.717) is 53.1 Å². The summed E-state index contributed by atoms with van der Waals surface area (Å²) in [6.07, 6.45) is 2.96. The van der Waals surface area contributed by atoms with Gasteiger partial charge in [-0.25, -0.2) is 4.79 Å². The molecule has 3 atom stereocenters. The van der Waals surface area contributed by atoms with Crippen LogP contribution < -0.4 is 28.4 Å². The number of ether oxygens (including phenoxy) is 8. The van der Waals surface area contributed by atoms with E-state index in [2.05, 4.69) is 0 Å². The first kappa shape index (κ1) is 32.2. The van der Waals surface area contributed by atoms with Crippen molar-refractivity contribution >= 4 is 12.0 Å². The van der Waals surface area contributed by atoms with Gasteiger partial charge in [0.1, 0.15) is 0 Å². The van der Waals surface area contributed by atoms with Crippen LogP contribution in [0.2, 0.25) is 0 Å². The lowest BCUT2D eigenvalue weighted by molar-refractivity contribution is -0.139. The number of esters is 1. The smallest absolute Gasteiger partial charge is 0.330 e. The molecule has 1 fully saturated rings. The Hall–Kier alpha value is -4.77. The van der Waals surface area contributed by atoms with Crippen molar-refractivity contribution in [2.24, 2.45) is 11.8 Å². The first-order valence-corrected chi connectivity index (χ1v) is 13.8. The Bertz CT molecular complexity index is 1430. The van der Waals surface area contributed by atoms with Crippen molar-refractivity contribution in [3.05, 3.63) is 65.2 Å². The molecule has 1 aliphatic heterocycles. The molecule has 11 heteroatoms. The van der Waals surface area contributed by atoms with Crippen LogP contribution in [0.4, 0.5) is 0 Å². The highest BCUT2D eigenvalue weighted by molar-refractivity contribution is 5.87. The average molecular weight is 611 g/mol. The molecule has 0 aliphatic carbocycles. The normalized spacial score (nSPS) is 17.7. The maximum absolute atomic E-state index is 12.8. The molecule has 11 nitrogen and oxygen atoms in total. The van der Waals surface area contributed by atoms with E-state index in [1.165, 1.54) is 40.6 Å². The van der Waals surface area contributed by atoms with Gasteiger partial charge in [-0.2, -0.15) is 0 Å². The van der Waals surface area contributed by atoms with E-state index in [4.69, 9.17) is 37.9 Å². The van der Waals surface area contributed by atoms with Crippen LogP contribution in [0.5, 0.6) is 46.0 Å². The molecular weight excluding hydrogens is 572 g/mol. The zero-order chi connectivity index (χ0) is 31.8. The molecule has 3 aromatic rings. The van der Waals surface area contributed by atoms with Gasteiger partial charge in [0.25, 0.3) is 0 Å². The summed E-state index contributed by atoms with van der Waals surface area (Å²) in [5, 5.41) is 20.2. The second-order valence-corrected chi connectivity index (χ2v) is 10.1. The zero-order valence-electron chi connectivity index (χ0n) is 25.6. The van der Waals surface area contributed by atoms with Crippen LogP contribution in [0.15, 0.2) is 48.5 Å². The minimum absolute atomic E-state index is 0.00112. The Labute approximate surface area is 256 Å².